The Balaban J connectivity index is 1.13. The average Bonchev–Trinajstić information content (AvgIpc) is 3.18. The zero-order valence-electron chi connectivity index (χ0n) is 31.5. The number of halogens is 2. The predicted molar refractivity (Wildman–Crippen MR) is 207 cm³/mol. The molecule has 2 unspecified atom stereocenters. The quantitative estimate of drug-likeness (QED) is 0.143. The van der Waals surface area contributed by atoms with E-state index in [-0.39, 0.29) is 38.1 Å². The van der Waals surface area contributed by atoms with Gasteiger partial charge in [-0.25, -0.2) is 4.79 Å². The Labute approximate surface area is 334 Å². The first-order chi connectivity index (χ1) is 26.9. The molecule has 2 aliphatic heterocycles. The van der Waals surface area contributed by atoms with Gasteiger partial charge in [-0.3, -0.25) is 14.6 Å². The van der Waals surface area contributed by atoms with E-state index >= 15 is 0 Å². The number of rotatable bonds is 15. The highest BCUT2D eigenvalue weighted by atomic mass is 35.5. The number of carboxylic acid groups (broad SMARTS) is 2. The zero-order valence-corrected chi connectivity index (χ0v) is 33.1. The molecular weight excluding hydrogens is 767 g/mol. The van der Waals surface area contributed by atoms with E-state index in [0.717, 1.165) is 33.4 Å². The average molecular weight is 812 g/mol. The van der Waals surface area contributed by atoms with E-state index in [4.69, 9.17) is 51.6 Å². The third-order valence-corrected chi connectivity index (χ3v) is 10.4. The molecule has 56 heavy (non-hydrogen) atoms. The van der Waals surface area contributed by atoms with Gasteiger partial charge in [0.05, 0.1) is 40.1 Å². The number of methoxy groups -OCH3 is 2. The Morgan fingerprint density at radius 3 is 1.80 bits per heavy atom. The van der Waals surface area contributed by atoms with Crippen LogP contribution in [0.25, 0.3) is 11.1 Å². The van der Waals surface area contributed by atoms with Crippen molar-refractivity contribution in [1.82, 2.24) is 19.8 Å². The summed E-state index contributed by atoms with van der Waals surface area (Å²) in [5, 5.41) is 19.4. The molecule has 298 valence electrons. The molecule has 2 aromatic carbocycles. The van der Waals surface area contributed by atoms with Crippen LogP contribution in [0.4, 0.5) is 0 Å². The SMILES string of the molecule is COc1nc(OCc2cccc(-c3cccc(COc4nc(OC)c(CN5CCOC(C(=O)O)C5)cc4Cl)c3C)c2C)c(Cl)cc1CN1COCC(C(=O)O)C1. The second-order valence-corrected chi connectivity index (χ2v) is 14.4. The van der Waals surface area contributed by atoms with Crippen LogP contribution in [0.1, 0.15) is 33.4 Å². The summed E-state index contributed by atoms with van der Waals surface area (Å²) < 4.78 is 34.2. The fourth-order valence-corrected chi connectivity index (χ4v) is 7.26. The summed E-state index contributed by atoms with van der Waals surface area (Å²) in [4.78, 5) is 35.8. The summed E-state index contributed by atoms with van der Waals surface area (Å²) in [5.41, 5.74) is 7.37. The Morgan fingerprint density at radius 1 is 0.768 bits per heavy atom. The minimum absolute atomic E-state index is 0.172. The van der Waals surface area contributed by atoms with Gasteiger partial charge in [0.15, 0.2) is 6.10 Å². The molecule has 0 amide bonds. The van der Waals surface area contributed by atoms with Gasteiger partial charge in [-0.15, -0.1) is 0 Å². The maximum atomic E-state index is 11.5. The number of benzene rings is 2. The standard InChI is InChI=1S/C40H44Cl2N4O10/c1-23-25(20-55-37-32(41)13-27(35(43-37)51-3)15-45-11-12-54-34(18-45)40(49)50)7-5-9-30(23)31-10-6-8-26(24(31)2)21-56-38-33(42)14-28(36(44-38)52-4)16-46-17-29(39(47)48)19-53-22-46/h5-10,13-14,29,34H,11-12,15-22H2,1-4H3,(H,47,48)(H,49,50). The number of pyridine rings is 2. The van der Waals surface area contributed by atoms with Crippen molar-refractivity contribution < 1.29 is 48.2 Å². The van der Waals surface area contributed by atoms with Gasteiger partial charge in [0.2, 0.25) is 23.5 Å². The Kier molecular flexibility index (Phi) is 13.5. The molecule has 2 N–H and O–H groups in total. The summed E-state index contributed by atoms with van der Waals surface area (Å²) in [6.07, 6.45) is -0.894. The molecule has 0 aliphatic carbocycles. The van der Waals surface area contributed by atoms with Crippen molar-refractivity contribution in [2.24, 2.45) is 5.92 Å². The largest absolute Gasteiger partial charge is 0.481 e. The Bertz CT molecular complexity index is 1920. The van der Waals surface area contributed by atoms with Crippen molar-refractivity contribution in [3.8, 4) is 34.6 Å². The van der Waals surface area contributed by atoms with Crippen LogP contribution in [-0.4, -0.2) is 102 Å². The van der Waals surface area contributed by atoms with E-state index in [1.807, 2.05) is 47.9 Å². The third kappa shape index (κ3) is 9.63. The van der Waals surface area contributed by atoms with E-state index in [2.05, 4.69) is 22.1 Å². The van der Waals surface area contributed by atoms with E-state index in [1.165, 1.54) is 14.2 Å². The molecule has 2 saturated heterocycles. The smallest absolute Gasteiger partial charge is 0.334 e. The fraction of sp³-hybridized carbons (Fsp3) is 0.400. The van der Waals surface area contributed by atoms with Gasteiger partial charge in [0.1, 0.15) is 23.3 Å². The number of carbonyl (C=O) groups is 2. The number of hydrogen-bond acceptors (Lipinski definition) is 12. The number of ether oxygens (including phenoxy) is 6. The lowest BCUT2D eigenvalue weighted by atomic mass is 9.92. The first-order valence-electron chi connectivity index (χ1n) is 17.9. The van der Waals surface area contributed by atoms with Gasteiger partial charge < -0.3 is 38.6 Å². The second-order valence-electron chi connectivity index (χ2n) is 13.6. The van der Waals surface area contributed by atoms with Crippen LogP contribution in [0.2, 0.25) is 10.0 Å². The molecule has 4 aromatic rings. The lowest BCUT2D eigenvalue weighted by molar-refractivity contribution is -0.156. The summed E-state index contributed by atoms with van der Waals surface area (Å²) in [7, 11) is 3.03. The number of nitrogens with zero attached hydrogens (tertiary/aromatic N) is 4. The van der Waals surface area contributed by atoms with E-state index in [0.29, 0.717) is 72.4 Å². The molecule has 14 nitrogen and oxygen atoms in total. The summed E-state index contributed by atoms with van der Waals surface area (Å²) >= 11 is 13.3. The van der Waals surface area contributed by atoms with Crippen LogP contribution < -0.4 is 18.9 Å². The summed E-state index contributed by atoms with van der Waals surface area (Å²) in [5.74, 6) is -1.40. The van der Waals surface area contributed by atoms with Crippen LogP contribution in [-0.2, 0) is 45.4 Å². The van der Waals surface area contributed by atoms with Crippen LogP contribution in [0, 0.1) is 19.8 Å². The predicted octanol–water partition coefficient (Wildman–Crippen LogP) is 6.02. The van der Waals surface area contributed by atoms with Gasteiger partial charge in [-0.1, -0.05) is 59.6 Å². The third-order valence-electron chi connectivity index (χ3n) is 9.90. The highest BCUT2D eigenvalue weighted by Crippen LogP contribution is 2.35. The van der Waals surface area contributed by atoms with Crippen molar-refractivity contribution >= 4 is 35.1 Å². The Morgan fingerprint density at radius 2 is 1.30 bits per heavy atom. The molecule has 0 saturated carbocycles. The number of hydrogen-bond donors (Lipinski definition) is 2. The molecular formula is C40H44Cl2N4O10. The molecule has 4 heterocycles. The summed E-state index contributed by atoms with van der Waals surface area (Å²) in [6.45, 7) is 7.14. The summed E-state index contributed by atoms with van der Waals surface area (Å²) in [6, 6.07) is 15.5. The van der Waals surface area contributed by atoms with Crippen LogP contribution in [0.5, 0.6) is 23.5 Å². The van der Waals surface area contributed by atoms with Crippen LogP contribution >= 0.6 is 23.2 Å². The molecule has 2 atom stereocenters. The molecule has 2 aliphatic rings. The minimum atomic E-state index is -0.998. The number of carboxylic acids is 2. The van der Waals surface area contributed by atoms with Gasteiger partial charge in [-0.2, -0.15) is 9.97 Å². The van der Waals surface area contributed by atoms with Gasteiger partial charge in [-0.05, 0) is 59.4 Å². The molecule has 2 aromatic heterocycles. The Hall–Kier alpha value is -4.70. The minimum Gasteiger partial charge on any atom is -0.481 e. The maximum Gasteiger partial charge on any atom is 0.334 e. The molecule has 0 radical (unpaired) electrons. The maximum absolute atomic E-state index is 11.5. The fourth-order valence-electron chi connectivity index (χ4n) is 6.80. The van der Waals surface area contributed by atoms with E-state index in [1.54, 1.807) is 12.1 Å². The van der Waals surface area contributed by atoms with Gasteiger partial charge in [0, 0.05) is 43.9 Å². The normalized spacial score (nSPS) is 17.7. The first kappa shape index (κ1) is 40.9. The van der Waals surface area contributed by atoms with Crippen molar-refractivity contribution in [3.05, 3.63) is 92.0 Å². The van der Waals surface area contributed by atoms with Crippen molar-refractivity contribution in [3.63, 3.8) is 0 Å². The van der Waals surface area contributed by atoms with Gasteiger partial charge in [0.25, 0.3) is 0 Å². The first-order valence-corrected chi connectivity index (χ1v) is 18.7. The lowest BCUT2D eigenvalue weighted by Crippen LogP contribution is -2.45. The van der Waals surface area contributed by atoms with E-state index < -0.39 is 24.0 Å². The molecule has 0 spiro atoms. The monoisotopic (exact) mass is 810 g/mol. The molecule has 16 heteroatoms. The molecule has 0 bridgehead atoms. The lowest BCUT2D eigenvalue weighted by Gasteiger charge is -2.31. The van der Waals surface area contributed by atoms with Gasteiger partial charge >= 0.3 is 11.9 Å². The number of aliphatic carboxylic acids is 2. The molecule has 2 fully saturated rings. The highest BCUT2D eigenvalue weighted by molar-refractivity contribution is 6.32. The van der Waals surface area contributed by atoms with Crippen molar-refractivity contribution in [2.75, 3.05) is 53.8 Å². The highest BCUT2D eigenvalue weighted by Gasteiger charge is 2.29. The molecule has 6 rings (SSSR count). The van der Waals surface area contributed by atoms with Crippen molar-refractivity contribution in [1.29, 1.82) is 0 Å². The topological polar surface area (TPSA) is 162 Å². The van der Waals surface area contributed by atoms with E-state index in [9.17, 15) is 19.8 Å². The van der Waals surface area contributed by atoms with Crippen molar-refractivity contribution in [2.45, 2.75) is 46.3 Å². The number of aromatic nitrogens is 2. The van der Waals surface area contributed by atoms with Crippen LogP contribution in [0.3, 0.4) is 0 Å². The number of morpholine rings is 1. The second kappa shape index (κ2) is 18.5. The van der Waals surface area contributed by atoms with Crippen LogP contribution in [0.15, 0.2) is 48.5 Å². The zero-order chi connectivity index (χ0) is 39.9.